The number of aryl methyl sites for hydroxylation is 1. The maximum absolute atomic E-state index is 4.27. The third-order valence-electron chi connectivity index (χ3n) is 1.60. The third-order valence-corrected chi connectivity index (χ3v) is 1.88. The van der Waals surface area contributed by atoms with Crippen molar-refractivity contribution in [1.82, 2.24) is 10.3 Å². The third kappa shape index (κ3) is 4.20. The van der Waals surface area contributed by atoms with Crippen molar-refractivity contribution in [3.63, 3.8) is 0 Å². The molecule has 0 bridgehead atoms. The minimum Gasteiger partial charge on any atom is -0.307 e. The zero-order valence-corrected chi connectivity index (χ0v) is 9.26. The zero-order chi connectivity index (χ0) is 9.68. The predicted octanol–water partition coefficient (Wildman–Crippen LogP) is 2.39. The van der Waals surface area contributed by atoms with Crippen LogP contribution in [-0.2, 0) is 6.54 Å². The minimum atomic E-state index is 0.773. The second kappa shape index (κ2) is 5.14. The summed E-state index contributed by atoms with van der Waals surface area (Å²) in [6.07, 6.45) is 1.87. The number of halogens is 1. The van der Waals surface area contributed by atoms with Crippen molar-refractivity contribution in [2.45, 2.75) is 13.5 Å². The van der Waals surface area contributed by atoms with Gasteiger partial charge in [0.2, 0.25) is 0 Å². The minimum absolute atomic E-state index is 0.773. The number of rotatable bonds is 4. The first-order chi connectivity index (χ1) is 6.18. The Morgan fingerprint density at radius 2 is 2.38 bits per heavy atom. The lowest BCUT2D eigenvalue weighted by atomic mass is 10.3. The molecule has 0 radical (unpaired) electrons. The van der Waals surface area contributed by atoms with Crippen LogP contribution < -0.4 is 5.32 Å². The van der Waals surface area contributed by atoms with E-state index in [0.29, 0.717) is 0 Å². The topological polar surface area (TPSA) is 24.9 Å². The summed E-state index contributed by atoms with van der Waals surface area (Å²) in [6, 6.07) is 4.09. The lowest BCUT2D eigenvalue weighted by molar-refractivity contribution is 0.737. The Morgan fingerprint density at radius 1 is 1.62 bits per heavy atom. The molecular formula is C10H13BrN2. The molecule has 0 aliphatic rings. The summed E-state index contributed by atoms with van der Waals surface area (Å²) >= 11 is 3.28. The van der Waals surface area contributed by atoms with Gasteiger partial charge in [-0.2, -0.15) is 0 Å². The van der Waals surface area contributed by atoms with Crippen molar-refractivity contribution in [2.24, 2.45) is 0 Å². The van der Waals surface area contributed by atoms with E-state index >= 15 is 0 Å². The standard InChI is InChI=1S/C10H13BrN2/c1-8-3-4-10(13-5-8)7-12-6-9(2)11/h3-5,12H,2,6-7H2,1H3. The molecule has 1 N–H and O–H groups in total. The molecule has 13 heavy (non-hydrogen) atoms. The van der Waals surface area contributed by atoms with Gasteiger partial charge in [-0.05, 0) is 18.6 Å². The van der Waals surface area contributed by atoms with Gasteiger partial charge in [0, 0.05) is 23.8 Å². The molecule has 0 aliphatic carbocycles. The maximum atomic E-state index is 4.27. The van der Waals surface area contributed by atoms with E-state index in [4.69, 9.17) is 0 Å². The quantitative estimate of drug-likeness (QED) is 0.875. The largest absolute Gasteiger partial charge is 0.307 e. The van der Waals surface area contributed by atoms with E-state index < -0.39 is 0 Å². The summed E-state index contributed by atoms with van der Waals surface area (Å²) in [7, 11) is 0. The van der Waals surface area contributed by atoms with Gasteiger partial charge in [0.25, 0.3) is 0 Å². The van der Waals surface area contributed by atoms with Crippen LogP contribution in [0.1, 0.15) is 11.3 Å². The summed E-state index contributed by atoms with van der Waals surface area (Å²) in [5.74, 6) is 0. The highest BCUT2D eigenvalue weighted by Gasteiger charge is 1.93. The molecule has 3 heteroatoms. The molecule has 0 fully saturated rings. The Balaban J connectivity index is 2.37. The van der Waals surface area contributed by atoms with E-state index in [0.717, 1.165) is 23.3 Å². The molecule has 70 valence electrons. The molecule has 1 aromatic heterocycles. The second-order valence-electron chi connectivity index (χ2n) is 2.95. The van der Waals surface area contributed by atoms with Gasteiger partial charge >= 0.3 is 0 Å². The molecule has 0 saturated carbocycles. The lowest BCUT2D eigenvalue weighted by Gasteiger charge is -2.02. The number of nitrogens with one attached hydrogen (secondary N) is 1. The smallest absolute Gasteiger partial charge is 0.0541 e. The van der Waals surface area contributed by atoms with Crippen LogP contribution in [0.15, 0.2) is 29.4 Å². The average Bonchev–Trinajstić information content (AvgIpc) is 2.08. The van der Waals surface area contributed by atoms with Crippen LogP contribution >= 0.6 is 15.9 Å². The van der Waals surface area contributed by atoms with Crippen LogP contribution in [0.25, 0.3) is 0 Å². The van der Waals surface area contributed by atoms with Crippen LogP contribution in [0.4, 0.5) is 0 Å². The summed E-state index contributed by atoms with van der Waals surface area (Å²) in [5.41, 5.74) is 2.24. The normalized spacial score (nSPS) is 10.0. The van der Waals surface area contributed by atoms with E-state index in [-0.39, 0.29) is 0 Å². The number of hydrogen-bond acceptors (Lipinski definition) is 2. The molecule has 2 nitrogen and oxygen atoms in total. The highest BCUT2D eigenvalue weighted by Crippen LogP contribution is 2.00. The van der Waals surface area contributed by atoms with Crippen molar-refractivity contribution in [2.75, 3.05) is 6.54 Å². The van der Waals surface area contributed by atoms with Crippen molar-refractivity contribution >= 4 is 15.9 Å². The molecule has 1 aromatic rings. The first-order valence-electron chi connectivity index (χ1n) is 4.14. The fourth-order valence-corrected chi connectivity index (χ4v) is 1.13. The first kappa shape index (κ1) is 10.4. The van der Waals surface area contributed by atoms with Crippen LogP contribution in [0.2, 0.25) is 0 Å². The molecule has 0 amide bonds. The average molecular weight is 241 g/mol. The first-order valence-corrected chi connectivity index (χ1v) is 4.93. The molecule has 1 rings (SSSR count). The van der Waals surface area contributed by atoms with Crippen molar-refractivity contribution in [3.8, 4) is 0 Å². The van der Waals surface area contributed by atoms with Gasteiger partial charge in [-0.1, -0.05) is 28.6 Å². The second-order valence-corrected chi connectivity index (χ2v) is 4.07. The monoisotopic (exact) mass is 240 g/mol. The SMILES string of the molecule is C=C(Br)CNCc1ccc(C)cn1. The Labute approximate surface area is 87.2 Å². The van der Waals surface area contributed by atoms with Gasteiger partial charge in [-0.15, -0.1) is 0 Å². The zero-order valence-electron chi connectivity index (χ0n) is 7.68. The van der Waals surface area contributed by atoms with Crippen LogP contribution in [0.3, 0.4) is 0 Å². The van der Waals surface area contributed by atoms with Crippen LogP contribution in [-0.4, -0.2) is 11.5 Å². The highest BCUT2D eigenvalue weighted by molar-refractivity contribution is 9.11. The maximum Gasteiger partial charge on any atom is 0.0541 e. The van der Waals surface area contributed by atoms with E-state index in [1.165, 1.54) is 5.56 Å². The molecule has 0 aromatic carbocycles. The van der Waals surface area contributed by atoms with Gasteiger partial charge in [0.1, 0.15) is 0 Å². The summed E-state index contributed by atoms with van der Waals surface area (Å²) in [4.78, 5) is 4.27. The molecule has 0 spiro atoms. The Kier molecular flexibility index (Phi) is 4.12. The molecular weight excluding hydrogens is 228 g/mol. The fraction of sp³-hybridized carbons (Fsp3) is 0.300. The van der Waals surface area contributed by atoms with Gasteiger partial charge in [0.05, 0.1) is 5.69 Å². The van der Waals surface area contributed by atoms with Crippen molar-refractivity contribution in [1.29, 1.82) is 0 Å². The summed E-state index contributed by atoms with van der Waals surface area (Å²) in [5, 5.41) is 3.21. The van der Waals surface area contributed by atoms with Gasteiger partial charge in [-0.3, -0.25) is 4.98 Å². The number of aromatic nitrogens is 1. The Bertz CT molecular complexity index is 279. The van der Waals surface area contributed by atoms with E-state index in [9.17, 15) is 0 Å². The number of nitrogens with zero attached hydrogens (tertiary/aromatic N) is 1. The number of hydrogen-bond donors (Lipinski definition) is 1. The Morgan fingerprint density at radius 3 is 2.92 bits per heavy atom. The fourth-order valence-electron chi connectivity index (χ4n) is 0.929. The van der Waals surface area contributed by atoms with Gasteiger partial charge in [-0.25, -0.2) is 0 Å². The molecule has 0 aliphatic heterocycles. The van der Waals surface area contributed by atoms with E-state index in [1.54, 1.807) is 0 Å². The highest BCUT2D eigenvalue weighted by atomic mass is 79.9. The van der Waals surface area contributed by atoms with Gasteiger partial charge in [0.15, 0.2) is 0 Å². The van der Waals surface area contributed by atoms with Crippen molar-refractivity contribution < 1.29 is 0 Å². The molecule has 0 unspecified atom stereocenters. The summed E-state index contributed by atoms with van der Waals surface area (Å²) < 4.78 is 0.958. The lowest BCUT2D eigenvalue weighted by Crippen LogP contribution is -2.15. The molecule has 1 heterocycles. The van der Waals surface area contributed by atoms with E-state index in [2.05, 4.69) is 38.9 Å². The van der Waals surface area contributed by atoms with E-state index in [1.807, 2.05) is 19.2 Å². The van der Waals surface area contributed by atoms with Crippen LogP contribution in [0, 0.1) is 6.92 Å². The van der Waals surface area contributed by atoms with Gasteiger partial charge < -0.3 is 5.32 Å². The molecule has 0 atom stereocenters. The summed E-state index contributed by atoms with van der Waals surface area (Å²) in [6.45, 7) is 7.32. The Hall–Kier alpha value is -0.670. The van der Waals surface area contributed by atoms with Crippen molar-refractivity contribution in [3.05, 3.63) is 40.6 Å². The number of pyridine rings is 1. The predicted molar refractivity (Wildman–Crippen MR) is 58.7 cm³/mol. The van der Waals surface area contributed by atoms with Crippen LogP contribution in [0.5, 0.6) is 0 Å². The molecule has 0 saturated heterocycles.